The lowest BCUT2D eigenvalue weighted by Crippen LogP contribution is -2.52. The van der Waals surface area contributed by atoms with E-state index >= 15 is 0 Å². The number of pyridine rings is 1. The Morgan fingerprint density at radius 3 is 3.00 bits per heavy atom. The zero-order valence-corrected chi connectivity index (χ0v) is 15.9. The molecule has 0 aliphatic carbocycles. The van der Waals surface area contributed by atoms with E-state index in [0.29, 0.717) is 0 Å². The Labute approximate surface area is 165 Å². The van der Waals surface area contributed by atoms with Crippen LogP contribution in [0.4, 0.5) is 0 Å². The molecule has 4 rings (SSSR count). The first-order chi connectivity index (χ1) is 13.7. The van der Waals surface area contributed by atoms with E-state index in [1.165, 1.54) is 6.42 Å². The molecule has 0 saturated carbocycles. The minimum Gasteiger partial charge on any atom is -0.372 e. The molecule has 0 spiro atoms. The van der Waals surface area contributed by atoms with Gasteiger partial charge in [-0.3, -0.25) is 16.1 Å². The van der Waals surface area contributed by atoms with Crippen molar-refractivity contribution in [2.75, 3.05) is 26.2 Å². The third-order valence-electron chi connectivity index (χ3n) is 4.97. The minimum atomic E-state index is -1.00. The number of rotatable bonds is 7. The van der Waals surface area contributed by atoms with Gasteiger partial charge in [-0.05, 0) is 37.1 Å². The highest BCUT2D eigenvalue weighted by molar-refractivity contribution is 5.74. The van der Waals surface area contributed by atoms with Crippen molar-refractivity contribution in [1.82, 2.24) is 26.1 Å². The van der Waals surface area contributed by atoms with Gasteiger partial charge in [0.1, 0.15) is 5.82 Å². The third-order valence-corrected chi connectivity index (χ3v) is 4.97. The van der Waals surface area contributed by atoms with Crippen molar-refractivity contribution in [3.63, 3.8) is 0 Å². The van der Waals surface area contributed by atoms with Crippen LogP contribution in [-0.2, 0) is 5.79 Å². The van der Waals surface area contributed by atoms with E-state index in [0.717, 1.165) is 55.2 Å². The van der Waals surface area contributed by atoms with Crippen LogP contribution >= 0.6 is 0 Å². The summed E-state index contributed by atoms with van der Waals surface area (Å²) in [4.78, 5) is 8.92. The van der Waals surface area contributed by atoms with Crippen LogP contribution in [-0.4, -0.2) is 42.4 Å². The lowest BCUT2D eigenvalue weighted by Gasteiger charge is -2.32. The second kappa shape index (κ2) is 8.52. The van der Waals surface area contributed by atoms with Crippen LogP contribution in [0.25, 0.3) is 11.3 Å². The van der Waals surface area contributed by atoms with Crippen LogP contribution in [0.2, 0.25) is 0 Å². The van der Waals surface area contributed by atoms with E-state index in [1.54, 1.807) is 12.4 Å². The first-order valence-corrected chi connectivity index (χ1v) is 9.80. The largest absolute Gasteiger partial charge is 0.372 e. The Balaban J connectivity index is 1.38. The molecule has 1 fully saturated rings. The summed E-state index contributed by atoms with van der Waals surface area (Å²) >= 11 is 0. The van der Waals surface area contributed by atoms with Gasteiger partial charge in [0, 0.05) is 49.7 Å². The number of hydrogen-bond acceptors (Lipinski definition) is 7. The summed E-state index contributed by atoms with van der Waals surface area (Å²) in [5.41, 5.74) is 12.8. The molecular weight excluding hydrogens is 350 g/mol. The van der Waals surface area contributed by atoms with E-state index in [2.05, 4.69) is 31.0 Å². The number of hydrogen-bond donors (Lipinski definition) is 4. The molecule has 28 heavy (non-hydrogen) atoms. The molecular formula is C21H27N7. The van der Waals surface area contributed by atoms with Crippen molar-refractivity contribution in [3.8, 4) is 11.3 Å². The minimum absolute atomic E-state index is 0.870. The predicted molar refractivity (Wildman–Crippen MR) is 112 cm³/mol. The van der Waals surface area contributed by atoms with E-state index in [-0.39, 0.29) is 0 Å². The van der Waals surface area contributed by atoms with Gasteiger partial charge in [-0.15, -0.1) is 0 Å². The molecule has 1 unspecified atom stereocenters. The number of benzene rings is 1. The molecule has 1 saturated heterocycles. The van der Waals surface area contributed by atoms with Crippen LogP contribution in [0.15, 0.2) is 65.6 Å². The quantitative estimate of drug-likeness (QED) is 0.547. The van der Waals surface area contributed by atoms with Crippen molar-refractivity contribution < 1.29 is 0 Å². The van der Waals surface area contributed by atoms with Crippen LogP contribution in [0.3, 0.4) is 0 Å². The lowest BCUT2D eigenvalue weighted by molar-refractivity contribution is 0.249. The van der Waals surface area contributed by atoms with Gasteiger partial charge in [0.05, 0.1) is 5.69 Å². The van der Waals surface area contributed by atoms with E-state index < -0.39 is 5.79 Å². The summed E-state index contributed by atoms with van der Waals surface area (Å²) in [7, 11) is 0. The van der Waals surface area contributed by atoms with E-state index in [1.807, 2.05) is 48.5 Å². The highest BCUT2D eigenvalue weighted by Crippen LogP contribution is 2.25. The van der Waals surface area contributed by atoms with Crippen molar-refractivity contribution in [2.24, 2.45) is 10.7 Å². The Hall–Kier alpha value is -2.74. The summed E-state index contributed by atoms with van der Waals surface area (Å²) in [5, 5.41) is 9.04. The van der Waals surface area contributed by atoms with Gasteiger partial charge in [-0.25, -0.2) is 10.0 Å². The summed E-state index contributed by atoms with van der Waals surface area (Å²) in [6.07, 6.45) is 7.75. The standard InChI is InChI=1S/C21H27N7/c22-21(18-7-3-6-17(16-18)19-8-1-2-10-23-19)25-13-9-20(27-21)24-11-4-14-28-15-5-12-26-28/h1-3,6-10,13,16,24,26-27H,4-5,11-12,14-15,22H2. The maximum absolute atomic E-state index is 6.59. The highest BCUT2D eigenvalue weighted by atomic mass is 15.5. The average Bonchev–Trinajstić information content (AvgIpc) is 3.26. The maximum Gasteiger partial charge on any atom is 0.210 e. The molecule has 146 valence electrons. The number of aliphatic imine (C=N–C) groups is 1. The van der Waals surface area contributed by atoms with Crippen LogP contribution in [0.1, 0.15) is 18.4 Å². The maximum atomic E-state index is 6.59. The van der Waals surface area contributed by atoms with Gasteiger partial charge in [-0.1, -0.05) is 24.3 Å². The molecule has 7 nitrogen and oxygen atoms in total. The summed E-state index contributed by atoms with van der Waals surface area (Å²) < 4.78 is 0. The Morgan fingerprint density at radius 2 is 2.18 bits per heavy atom. The Bertz CT molecular complexity index is 843. The van der Waals surface area contributed by atoms with Crippen molar-refractivity contribution in [1.29, 1.82) is 0 Å². The highest BCUT2D eigenvalue weighted by Gasteiger charge is 2.28. The van der Waals surface area contributed by atoms with Crippen molar-refractivity contribution >= 4 is 6.21 Å². The fraction of sp³-hybridized carbons (Fsp3) is 0.333. The van der Waals surface area contributed by atoms with Gasteiger partial charge in [0.2, 0.25) is 5.79 Å². The van der Waals surface area contributed by atoms with Crippen molar-refractivity contribution in [3.05, 3.63) is 66.1 Å². The van der Waals surface area contributed by atoms with Crippen LogP contribution < -0.4 is 21.8 Å². The average molecular weight is 377 g/mol. The van der Waals surface area contributed by atoms with Crippen LogP contribution in [0, 0.1) is 0 Å². The Morgan fingerprint density at radius 1 is 1.21 bits per heavy atom. The molecule has 0 radical (unpaired) electrons. The molecule has 5 N–H and O–H groups in total. The topological polar surface area (TPSA) is 90.6 Å². The van der Waals surface area contributed by atoms with E-state index in [4.69, 9.17) is 5.73 Å². The Kier molecular flexibility index (Phi) is 5.66. The smallest absolute Gasteiger partial charge is 0.210 e. The number of nitrogens with zero attached hydrogens (tertiary/aromatic N) is 3. The molecule has 1 aromatic carbocycles. The fourth-order valence-electron chi connectivity index (χ4n) is 3.48. The van der Waals surface area contributed by atoms with Gasteiger partial charge >= 0.3 is 0 Å². The van der Waals surface area contributed by atoms with Crippen LogP contribution in [0.5, 0.6) is 0 Å². The normalized spacial score (nSPS) is 22.0. The number of hydrazine groups is 1. The number of nitrogens with one attached hydrogen (secondary N) is 3. The SMILES string of the molecule is NC1(c2cccc(-c3ccccn3)c2)N=CC=C(NCCCN2CCCN2)N1. The number of nitrogens with two attached hydrogens (primary N) is 1. The molecule has 3 heterocycles. The van der Waals surface area contributed by atoms with E-state index in [9.17, 15) is 0 Å². The van der Waals surface area contributed by atoms with Crippen molar-refractivity contribution in [2.45, 2.75) is 18.6 Å². The fourth-order valence-corrected chi connectivity index (χ4v) is 3.48. The predicted octanol–water partition coefficient (Wildman–Crippen LogP) is 1.52. The van der Waals surface area contributed by atoms with Gasteiger partial charge in [0.25, 0.3) is 0 Å². The molecule has 7 heteroatoms. The lowest BCUT2D eigenvalue weighted by atomic mass is 10.0. The molecule has 1 atom stereocenters. The molecule has 2 aliphatic rings. The second-order valence-corrected chi connectivity index (χ2v) is 7.07. The third kappa shape index (κ3) is 4.39. The monoisotopic (exact) mass is 377 g/mol. The summed E-state index contributed by atoms with van der Waals surface area (Å²) in [6.45, 7) is 4.12. The first-order valence-electron chi connectivity index (χ1n) is 9.80. The summed E-state index contributed by atoms with van der Waals surface area (Å²) in [5.74, 6) is -0.117. The first kappa shape index (κ1) is 18.6. The molecule has 1 aromatic heterocycles. The molecule has 2 aliphatic heterocycles. The van der Waals surface area contributed by atoms with Gasteiger partial charge in [-0.2, -0.15) is 0 Å². The molecule has 2 aromatic rings. The zero-order chi connectivity index (χ0) is 19.2. The molecule has 0 amide bonds. The number of aromatic nitrogens is 1. The molecule has 0 bridgehead atoms. The zero-order valence-electron chi connectivity index (χ0n) is 15.9. The number of allylic oxidation sites excluding steroid dienone is 1. The van der Waals surface area contributed by atoms with Gasteiger partial charge < -0.3 is 10.6 Å². The second-order valence-electron chi connectivity index (χ2n) is 7.07. The van der Waals surface area contributed by atoms with Gasteiger partial charge in [0.15, 0.2) is 0 Å². The summed E-state index contributed by atoms with van der Waals surface area (Å²) in [6, 6.07) is 13.9.